The summed E-state index contributed by atoms with van der Waals surface area (Å²) < 4.78 is 12.6. The largest absolute Gasteiger partial charge is 0.507 e. The summed E-state index contributed by atoms with van der Waals surface area (Å²) in [4.78, 5) is 28.0. The predicted octanol–water partition coefficient (Wildman–Crippen LogP) is 13.2. The summed E-state index contributed by atoms with van der Waals surface area (Å²) >= 11 is 0. The molecule has 0 unspecified atom stereocenters. The summed E-state index contributed by atoms with van der Waals surface area (Å²) in [5, 5.41) is 22.7. The fourth-order valence-corrected chi connectivity index (χ4v) is 8.02. The third kappa shape index (κ3) is 11.1. The second kappa shape index (κ2) is 18.9. The van der Waals surface area contributed by atoms with E-state index in [0.717, 1.165) is 105 Å². The number of hydrogen-bond donors (Lipinski definition) is 2. The lowest BCUT2D eigenvalue weighted by molar-refractivity contribution is 0.0716. The Balaban J connectivity index is 1.45. The number of benzene rings is 5. The molecule has 2 N–H and O–H groups in total. The number of ether oxygens (including phenoxy) is 2. The summed E-state index contributed by atoms with van der Waals surface area (Å²) in [6.07, 6.45) is 6.42. The number of unbranched alkanes of at least 4 members (excludes halogenated alkanes) is 2. The highest BCUT2D eigenvalue weighted by Gasteiger charge is 2.28. The zero-order valence-corrected chi connectivity index (χ0v) is 38.1. The summed E-state index contributed by atoms with van der Waals surface area (Å²) in [6.45, 7) is 25.0. The molecule has 60 heavy (non-hydrogen) atoms. The van der Waals surface area contributed by atoms with Crippen molar-refractivity contribution in [2.45, 2.75) is 145 Å². The van der Waals surface area contributed by atoms with Gasteiger partial charge in [0.15, 0.2) is 0 Å². The van der Waals surface area contributed by atoms with Crippen LogP contribution in [0.1, 0.15) is 169 Å². The van der Waals surface area contributed by atoms with E-state index in [4.69, 9.17) is 9.47 Å². The third-order valence-electron chi connectivity index (χ3n) is 11.2. The minimum absolute atomic E-state index is 0.290. The maximum atomic E-state index is 14.0. The van der Waals surface area contributed by atoms with Gasteiger partial charge < -0.3 is 19.7 Å². The van der Waals surface area contributed by atoms with E-state index in [9.17, 15) is 19.8 Å². The van der Waals surface area contributed by atoms with Gasteiger partial charge in [-0.25, -0.2) is 9.59 Å². The second-order valence-electron chi connectivity index (χ2n) is 18.9. The Bertz CT molecular complexity index is 2180. The minimum Gasteiger partial charge on any atom is -0.507 e. The Hall–Kier alpha value is -5.36. The zero-order valence-electron chi connectivity index (χ0n) is 38.1. The highest BCUT2D eigenvalue weighted by molar-refractivity contribution is 5.95. The number of carbonyl (C=O) groups is 2. The van der Waals surface area contributed by atoms with E-state index >= 15 is 0 Å². The fourth-order valence-electron chi connectivity index (χ4n) is 8.02. The Morgan fingerprint density at radius 3 is 1.10 bits per heavy atom. The van der Waals surface area contributed by atoms with Crippen molar-refractivity contribution in [2.75, 3.05) is 0 Å². The van der Waals surface area contributed by atoms with E-state index in [1.165, 1.54) is 0 Å². The van der Waals surface area contributed by atoms with Crippen molar-refractivity contribution in [2.24, 2.45) is 0 Å². The molecule has 0 saturated heterocycles. The topological polar surface area (TPSA) is 93.1 Å². The molecule has 0 radical (unpaired) electrons. The molecule has 0 fully saturated rings. The van der Waals surface area contributed by atoms with Gasteiger partial charge in [-0.05, 0) is 111 Å². The first-order valence-corrected chi connectivity index (χ1v) is 21.6. The van der Waals surface area contributed by atoms with Crippen molar-refractivity contribution in [1.82, 2.24) is 0 Å². The highest BCUT2D eigenvalue weighted by Crippen LogP contribution is 2.41. The van der Waals surface area contributed by atoms with Crippen LogP contribution in [0.2, 0.25) is 0 Å². The van der Waals surface area contributed by atoms with Crippen LogP contribution in [-0.2, 0) is 36.5 Å². The number of hydrogen-bond acceptors (Lipinski definition) is 6. The average molecular weight is 811 g/mol. The van der Waals surface area contributed by atoms with Gasteiger partial charge in [0.25, 0.3) is 0 Å². The van der Waals surface area contributed by atoms with Gasteiger partial charge in [0.05, 0.1) is 11.1 Å². The van der Waals surface area contributed by atoms with Crippen LogP contribution in [0.3, 0.4) is 0 Å². The number of phenolic OH excluding ortho intramolecular Hbond substituents is 2. The van der Waals surface area contributed by atoms with Crippen molar-refractivity contribution < 1.29 is 29.3 Å². The number of rotatable bonds is 14. The van der Waals surface area contributed by atoms with Crippen LogP contribution in [0.4, 0.5) is 0 Å². The smallest absolute Gasteiger partial charge is 0.343 e. The lowest BCUT2D eigenvalue weighted by atomic mass is 9.83. The molecule has 0 bridgehead atoms. The number of aryl methyl sites for hydroxylation is 6. The molecular weight excluding hydrogens is 745 g/mol. The van der Waals surface area contributed by atoms with Crippen LogP contribution < -0.4 is 9.47 Å². The summed E-state index contributed by atoms with van der Waals surface area (Å²) in [5.41, 5.74) is 11.0. The van der Waals surface area contributed by atoms with Gasteiger partial charge in [-0.3, -0.25) is 0 Å². The van der Waals surface area contributed by atoms with Gasteiger partial charge in [-0.2, -0.15) is 0 Å². The highest BCUT2D eigenvalue weighted by atomic mass is 16.5. The molecule has 0 saturated carbocycles. The normalized spacial score (nSPS) is 11.8. The van der Waals surface area contributed by atoms with Crippen LogP contribution in [0.5, 0.6) is 23.0 Å². The number of aromatic hydroxyl groups is 2. The first-order valence-electron chi connectivity index (χ1n) is 21.6. The molecule has 6 nitrogen and oxygen atoms in total. The van der Waals surface area contributed by atoms with Crippen molar-refractivity contribution in [3.05, 3.63) is 151 Å². The van der Waals surface area contributed by atoms with Gasteiger partial charge in [0, 0.05) is 35.1 Å². The second-order valence-corrected chi connectivity index (χ2v) is 18.9. The van der Waals surface area contributed by atoms with E-state index in [1.54, 1.807) is 24.3 Å². The molecule has 0 aliphatic heterocycles. The van der Waals surface area contributed by atoms with Crippen LogP contribution in [0.15, 0.2) is 72.8 Å². The molecule has 0 aromatic heterocycles. The molecule has 5 rings (SSSR count). The summed E-state index contributed by atoms with van der Waals surface area (Å²) in [6, 6.07) is 22.7. The Kier molecular flexibility index (Phi) is 14.4. The van der Waals surface area contributed by atoms with Gasteiger partial charge in [-0.1, -0.05) is 139 Å². The Morgan fingerprint density at radius 1 is 0.483 bits per heavy atom. The monoisotopic (exact) mass is 810 g/mol. The molecule has 6 heteroatoms. The standard InChI is InChI=1S/C54H66O6/c1-13-15-17-39-23-33(3)25-41(47(39)55)31-43-27-35(5)29-45(53(7,8)9)49(43)59-51(57)37-19-21-38(22-20-37)52(58)60-50-44(28-36(6)30-46(50)54(10,11)12)32-42-26-34(4)24-40(48(42)56)18-16-14-2/h19-30,55-56H,13-18,31-32H2,1-12H3. The molecular formula is C54H66O6. The molecule has 0 amide bonds. The first-order chi connectivity index (χ1) is 28.2. The fraction of sp³-hybridized carbons (Fsp3) is 0.407. The molecule has 0 spiro atoms. The third-order valence-corrected chi connectivity index (χ3v) is 11.2. The Labute approximate surface area is 359 Å². The number of carbonyl (C=O) groups excluding carboxylic acids is 2. The summed E-state index contributed by atoms with van der Waals surface area (Å²) in [5.74, 6) is 0.465. The van der Waals surface area contributed by atoms with Crippen molar-refractivity contribution in [3.8, 4) is 23.0 Å². The van der Waals surface area contributed by atoms with Crippen molar-refractivity contribution in [1.29, 1.82) is 0 Å². The van der Waals surface area contributed by atoms with E-state index in [1.807, 2.05) is 52.0 Å². The van der Waals surface area contributed by atoms with Crippen molar-refractivity contribution >= 4 is 11.9 Å². The molecule has 0 atom stereocenters. The van der Waals surface area contributed by atoms with Gasteiger partial charge >= 0.3 is 11.9 Å². The van der Waals surface area contributed by atoms with Gasteiger partial charge in [-0.15, -0.1) is 0 Å². The van der Waals surface area contributed by atoms with Crippen LogP contribution in [0.25, 0.3) is 0 Å². The van der Waals surface area contributed by atoms with E-state index in [2.05, 4.69) is 79.7 Å². The molecule has 5 aromatic carbocycles. The summed E-state index contributed by atoms with van der Waals surface area (Å²) in [7, 11) is 0. The quantitative estimate of drug-likeness (QED) is 0.0857. The van der Waals surface area contributed by atoms with E-state index < -0.39 is 11.9 Å². The lowest BCUT2D eigenvalue weighted by Gasteiger charge is -2.26. The predicted molar refractivity (Wildman–Crippen MR) is 245 cm³/mol. The maximum Gasteiger partial charge on any atom is 0.343 e. The number of phenols is 2. The molecule has 0 aliphatic carbocycles. The van der Waals surface area contributed by atoms with Crippen LogP contribution in [-0.4, -0.2) is 22.2 Å². The molecule has 318 valence electrons. The first kappa shape index (κ1) is 45.7. The van der Waals surface area contributed by atoms with Gasteiger partial charge in [0.1, 0.15) is 23.0 Å². The molecule has 0 heterocycles. The zero-order chi connectivity index (χ0) is 44.1. The average Bonchev–Trinajstić information content (AvgIpc) is 3.17. The minimum atomic E-state index is -0.547. The number of esters is 2. The SMILES string of the molecule is CCCCc1cc(C)cc(Cc2cc(C)cc(C(C)(C)C)c2OC(=O)c2ccc(C(=O)Oc3c(Cc4cc(C)cc(CCCC)c4O)cc(C)cc3C(C)(C)C)cc2)c1O. The van der Waals surface area contributed by atoms with Gasteiger partial charge in [0.2, 0.25) is 0 Å². The lowest BCUT2D eigenvalue weighted by Crippen LogP contribution is -2.19. The van der Waals surface area contributed by atoms with Crippen molar-refractivity contribution in [3.63, 3.8) is 0 Å². The maximum absolute atomic E-state index is 14.0. The van der Waals surface area contributed by atoms with E-state index in [-0.39, 0.29) is 10.8 Å². The van der Waals surface area contributed by atoms with Crippen LogP contribution in [0, 0.1) is 27.7 Å². The van der Waals surface area contributed by atoms with E-state index in [0.29, 0.717) is 47.0 Å². The Morgan fingerprint density at radius 2 is 0.783 bits per heavy atom. The molecule has 5 aromatic rings. The molecule has 0 aliphatic rings. The van der Waals surface area contributed by atoms with Crippen LogP contribution >= 0.6 is 0 Å².